The fraction of sp³-hybridized carbons (Fsp3) is 0.529. The zero-order chi connectivity index (χ0) is 16.9. The number of carbonyl (C=O) groups is 2. The predicted octanol–water partition coefficient (Wildman–Crippen LogP) is 3.76. The van der Waals surface area contributed by atoms with Crippen LogP contribution in [0.3, 0.4) is 0 Å². The van der Waals surface area contributed by atoms with Gasteiger partial charge in [-0.1, -0.05) is 20.8 Å². The average Bonchev–Trinajstić information content (AvgIpc) is 2.43. The van der Waals surface area contributed by atoms with Gasteiger partial charge in [0.05, 0.1) is 18.3 Å². The first kappa shape index (κ1) is 18.6. The number of rotatable bonds is 6. The van der Waals surface area contributed by atoms with Gasteiger partial charge in [0.15, 0.2) is 9.04 Å². The summed E-state index contributed by atoms with van der Waals surface area (Å²) in [4.78, 5) is 23.2. The van der Waals surface area contributed by atoms with Gasteiger partial charge in [-0.05, 0) is 49.2 Å². The molecule has 22 heavy (non-hydrogen) atoms. The molecule has 0 aliphatic heterocycles. The van der Waals surface area contributed by atoms with Crippen LogP contribution in [0.1, 0.15) is 60.1 Å². The Hall–Kier alpha value is -1.46. The molecule has 0 heterocycles. The highest BCUT2D eigenvalue weighted by Crippen LogP contribution is 2.37. The molecule has 1 aromatic carbocycles. The predicted molar refractivity (Wildman–Crippen MR) is 89.9 cm³/mol. The molecule has 1 rings (SSSR count). The Morgan fingerprint density at radius 2 is 1.91 bits per heavy atom. The molecule has 1 unspecified atom stereocenters. The van der Waals surface area contributed by atoms with Crippen LogP contribution in [0.5, 0.6) is 0 Å². The summed E-state index contributed by atoms with van der Waals surface area (Å²) in [6.07, 6.45) is 0.589. The lowest BCUT2D eigenvalue weighted by atomic mass is 9.84. The Bertz CT molecular complexity index is 532. The molecule has 0 radical (unpaired) electrons. The monoisotopic (exact) mass is 322 g/mol. The highest BCUT2D eigenvalue weighted by molar-refractivity contribution is 6.48. The van der Waals surface area contributed by atoms with Gasteiger partial charge in [0.2, 0.25) is 0 Å². The maximum Gasteiger partial charge on any atom is 0.338 e. The summed E-state index contributed by atoms with van der Waals surface area (Å²) >= 11 is 0. The van der Waals surface area contributed by atoms with E-state index in [0.717, 1.165) is 11.8 Å². The standard InChI is InChI=1S/C17H26O4Si/c1-7-20-16(19)14-9-12(11-18)8-13(10-14)15(17(2,3)4)21-22(5)6/h8-11,15,22H,7H2,1-6H3. The zero-order valence-electron chi connectivity index (χ0n) is 14.3. The van der Waals surface area contributed by atoms with Gasteiger partial charge in [0.1, 0.15) is 6.29 Å². The van der Waals surface area contributed by atoms with Gasteiger partial charge in [-0.15, -0.1) is 0 Å². The molecule has 0 spiro atoms. The molecule has 0 aliphatic carbocycles. The third-order valence-corrected chi connectivity index (χ3v) is 3.94. The van der Waals surface area contributed by atoms with Crippen LogP contribution in [0.4, 0.5) is 0 Å². The van der Waals surface area contributed by atoms with Crippen LogP contribution in [-0.4, -0.2) is 27.9 Å². The zero-order valence-corrected chi connectivity index (χ0v) is 15.5. The summed E-state index contributed by atoms with van der Waals surface area (Å²) in [6, 6.07) is 5.13. The van der Waals surface area contributed by atoms with Crippen LogP contribution in [-0.2, 0) is 9.16 Å². The largest absolute Gasteiger partial charge is 0.462 e. The number of hydrogen-bond donors (Lipinski definition) is 0. The molecule has 0 N–H and O–H groups in total. The average molecular weight is 322 g/mol. The third-order valence-electron chi connectivity index (χ3n) is 3.12. The minimum atomic E-state index is -1.28. The number of ether oxygens (including phenoxy) is 1. The molecule has 0 amide bonds. The molecule has 0 aliphatic rings. The van der Waals surface area contributed by atoms with Crippen LogP contribution in [0.15, 0.2) is 18.2 Å². The van der Waals surface area contributed by atoms with Gasteiger partial charge in [0.25, 0.3) is 0 Å². The Morgan fingerprint density at radius 3 is 2.36 bits per heavy atom. The van der Waals surface area contributed by atoms with E-state index in [0.29, 0.717) is 17.7 Å². The molecule has 0 aromatic heterocycles. The number of aldehydes is 1. The molecule has 1 atom stereocenters. The van der Waals surface area contributed by atoms with E-state index in [9.17, 15) is 9.59 Å². The van der Waals surface area contributed by atoms with E-state index < -0.39 is 15.0 Å². The van der Waals surface area contributed by atoms with Gasteiger partial charge >= 0.3 is 5.97 Å². The molecule has 5 heteroatoms. The van der Waals surface area contributed by atoms with E-state index in [1.807, 2.05) is 0 Å². The summed E-state index contributed by atoms with van der Waals surface area (Å²) in [5.74, 6) is -0.415. The van der Waals surface area contributed by atoms with Crippen molar-refractivity contribution < 1.29 is 18.8 Å². The van der Waals surface area contributed by atoms with Crippen molar-refractivity contribution in [1.82, 2.24) is 0 Å². The topological polar surface area (TPSA) is 52.6 Å². The van der Waals surface area contributed by atoms with E-state index in [2.05, 4.69) is 33.9 Å². The summed E-state index contributed by atoms with van der Waals surface area (Å²) in [6.45, 7) is 12.5. The van der Waals surface area contributed by atoms with E-state index >= 15 is 0 Å². The highest BCUT2D eigenvalue weighted by Gasteiger charge is 2.29. The molecule has 122 valence electrons. The van der Waals surface area contributed by atoms with Crippen molar-refractivity contribution in [2.75, 3.05) is 6.61 Å². The summed E-state index contributed by atoms with van der Waals surface area (Å²) in [5, 5.41) is 0. The third kappa shape index (κ3) is 5.07. The second-order valence-corrected chi connectivity index (χ2v) is 9.03. The van der Waals surface area contributed by atoms with Crippen molar-refractivity contribution >= 4 is 21.3 Å². The van der Waals surface area contributed by atoms with Gasteiger partial charge in [-0.3, -0.25) is 4.79 Å². The first-order valence-corrected chi connectivity index (χ1v) is 10.4. The summed E-state index contributed by atoms with van der Waals surface area (Å²) in [7, 11) is -1.28. The second kappa shape index (κ2) is 7.69. The normalized spacial score (nSPS) is 13.0. The molecule has 0 saturated heterocycles. The number of benzene rings is 1. The molecular weight excluding hydrogens is 296 g/mol. The summed E-state index contributed by atoms with van der Waals surface area (Å²) < 4.78 is 11.2. The minimum absolute atomic E-state index is 0.134. The first-order chi connectivity index (χ1) is 10.2. The number of esters is 1. The summed E-state index contributed by atoms with van der Waals surface area (Å²) in [5.41, 5.74) is 1.57. The molecule has 0 bridgehead atoms. The van der Waals surface area contributed by atoms with E-state index in [1.165, 1.54) is 0 Å². The molecule has 0 saturated carbocycles. The van der Waals surface area contributed by atoms with Crippen LogP contribution in [0, 0.1) is 5.41 Å². The lowest BCUT2D eigenvalue weighted by Crippen LogP contribution is -2.26. The maximum absolute atomic E-state index is 12.0. The van der Waals surface area contributed by atoms with Gasteiger partial charge in [-0.25, -0.2) is 4.79 Å². The van der Waals surface area contributed by atoms with E-state index in [4.69, 9.17) is 9.16 Å². The molecule has 4 nitrogen and oxygen atoms in total. The van der Waals surface area contributed by atoms with Crippen LogP contribution in [0.2, 0.25) is 13.1 Å². The Morgan fingerprint density at radius 1 is 1.27 bits per heavy atom. The van der Waals surface area contributed by atoms with Crippen molar-refractivity contribution in [3.8, 4) is 0 Å². The fourth-order valence-corrected chi connectivity index (χ4v) is 3.39. The molecule has 1 aromatic rings. The number of carbonyl (C=O) groups excluding carboxylic acids is 2. The van der Waals surface area contributed by atoms with Crippen molar-refractivity contribution in [2.45, 2.75) is 46.9 Å². The lowest BCUT2D eigenvalue weighted by Gasteiger charge is -2.33. The van der Waals surface area contributed by atoms with Crippen LogP contribution in [0.25, 0.3) is 0 Å². The van der Waals surface area contributed by atoms with Gasteiger partial charge < -0.3 is 9.16 Å². The van der Waals surface area contributed by atoms with E-state index in [-0.39, 0.29) is 11.5 Å². The maximum atomic E-state index is 12.0. The quantitative estimate of drug-likeness (QED) is 0.454. The van der Waals surface area contributed by atoms with Crippen molar-refractivity contribution in [3.05, 3.63) is 34.9 Å². The first-order valence-electron chi connectivity index (χ1n) is 7.61. The van der Waals surface area contributed by atoms with Crippen LogP contribution >= 0.6 is 0 Å². The Labute approximate surface area is 134 Å². The Kier molecular flexibility index (Phi) is 6.50. The second-order valence-electron chi connectivity index (χ2n) is 6.66. The lowest BCUT2D eigenvalue weighted by molar-refractivity contribution is 0.0524. The van der Waals surface area contributed by atoms with Crippen molar-refractivity contribution in [3.63, 3.8) is 0 Å². The molecular formula is C17H26O4Si. The number of hydrogen-bond acceptors (Lipinski definition) is 4. The van der Waals surface area contributed by atoms with E-state index in [1.54, 1.807) is 25.1 Å². The van der Waals surface area contributed by atoms with Gasteiger partial charge in [0, 0.05) is 5.56 Å². The SMILES string of the molecule is CCOC(=O)c1cc(C=O)cc(C(O[SiH](C)C)C(C)(C)C)c1. The van der Waals surface area contributed by atoms with Crippen molar-refractivity contribution in [2.24, 2.45) is 5.41 Å². The van der Waals surface area contributed by atoms with Crippen molar-refractivity contribution in [1.29, 1.82) is 0 Å². The highest BCUT2D eigenvalue weighted by atomic mass is 28.3. The minimum Gasteiger partial charge on any atom is -0.462 e. The molecule has 0 fully saturated rings. The fourth-order valence-electron chi connectivity index (χ4n) is 2.28. The van der Waals surface area contributed by atoms with Gasteiger partial charge in [-0.2, -0.15) is 0 Å². The Balaban J connectivity index is 3.33. The van der Waals surface area contributed by atoms with Crippen LogP contribution < -0.4 is 0 Å². The smallest absolute Gasteiger partial charge is 0.338 e.